The number of nitriles is 1. The van der Waals surface area contributed by atoms with E-state index in [0.29, 0.717) is 21.2 Å². The van der Waals surface area contributed by atoms with Gasteiger partial charge >= 0.3 is 0 Å². The summed E-state index contributed by atoms with van der Waals surface area (Å²) < 4.78 is 4.83. The smallest absolute Gasteiger partial charge is 0.187 e. The van der Waals surface area contributed by atoms with E-state index in [9.17, 15) is 10.1 Å². The lowest BCUT2D eigenvalue weighted by Gasteiger charge is -2.11. The quantitative estimate of drug-likeness (QED) is 0.796. The number of rotatable bonds is 3. The van der Waals surface area contributed by atoms with Crippen LogP contribution in [0.5, 0.6) is 0 Å². The molecule has 0 radical (unpaired) electrons. The minimum Gasteiger partial charge on any atom is -0.472 e. The minimum atomic E-state index is -1.04. The van der Waals surface area contributed by atoms with Gasteiger partial charge in [-0.05, 0) is 18.2 Å². The molecule has 0 spiro atoms. The second-order valence-corrected chi connectivity index (χ2v) is 4.39. The Balaban J connectivity index is 2.47. The molecule has 0 saturated heterocycles. The number of Topliss-reactive ketones (excluding diaryl/α,β-unsaturated/α-hetero) is 1. The molecule has 3 nitrogen and oxygen atoms in total. The topological polar surface area (TPSA) is 54.0 Å². The standard InChI is InChI=1S/C13H7Cl2NO2/c14-10-2-1-3-11(15)12(10)9(6-16)13(17)8-4-5-18-7-8/h1-5,7,9H. The lowest BCUT2D eigenvalue weighted by atomic mass is 9.93. The van der Waals surface area contributed by atoms with Gasteiger partial charge in [0.05, 0.1) is 17.9 Å². The Morgan fingerprint density at radius 3 is 2.44 bits per heavy atom. The molecule has 0 aliphatic rings. The molecule has 0 aliphatic carbocycles. The van der Waals surface area contributed by atoms with E-state index in [2.05, 4.69) is 0 Å². The largest absolute Gasteiger partial charge is 0.472 e. The van der Waals surface area contributed by atoms with Gasteiger partial charge in [-0.15, -0.1) is 0 Å². The normalized spacial score (nSPS) is 11.8. The van der Waals surface area contributed by atoms with Gasteiger partial charge < -0.3 is 4.42 Å². The van der Waals surface area contributed by atoms with Crippen LogP contribution < -0.4 is 0 Å². The highest BCUT2D eigenvalue weighted by molar-refractivity contribution is 6.36. The Morgan fingerprint density at radius 2 is 1.94 bits per heavy atom. The van der Waals surface area contributed by atoms with Crippen LogP contribution in [0.25, 0.3) is 0 Å². The van der Waals surface area contributed by atoms with Crippen molar-refractivity contribution in [2.24, 2.45) is 0 Å². The Bertz CT molecular complexity index is 594. The van der Waals surface area contributed by atoms with E-state index in [1.165, 1.54) is 18.6 Å². The molecule has 1 unspecified atom stereocenters. The van der Waals surface area contributed by atoms with Crippen molar-refractivity contribution in [2.75, 3.05) is 0 Å². The number of carbonyl (C=O) groups is 1. The van der Waals surface area contributed by atoms with Crippen molar-refractivity contribution >= 4 is 29.0 Å². The number of carbonyl (C=O) groups excluding carboxylic acids is 1. The number of hydrogen-bond donors (Lipinski definition) is 0. The van der Waals surface area contributed by atoms with E-state index < -0.39 is 5.92 Å². The molecule has 1 aromatic heterocycles. The fourth-order valence-corrected chi connectivity index (χ4v) is 2.23. The van der Waals surface area contributed by atoms with Crippen LogP contribution in [0.3, 0.4) is 0 Å². The van der Waals surface area contributed by atoms with E-state index in [4.69, 9.17) is 27.6 Å². The van der Waals surface area contributed by atoms with Crippen LogP contribution in [-0.2, 0) is 0 Å². The summed E-state index contributed by atoms with van der Waals surface area (Å²) in [5.74, 6) is -1.43. The molecule has 90 valence electrons. The summed E-state index contributed by atoms with van der Waals surface area (Å²) >= 11 is 12.0. The second kappa shape index (κ2) is 5.26. The summed E-state index contributed by atoms with van der Waals surface area (Å²) in [7, 11) is 0. The Morgan fingerprint density at radius 1 is 1.28 bits per heavy atom. The highest BCUT2D eigenvalue weighted by atomic mass is 35.5. The fourth-order valence-electron chi connectivity index (χ4n) is 1.61. The van der Waals surface area contributed by atoms with E-state index in [0.717, 1.165) is 0 Å². The monoisotopic (exact) mass is 279 g/mol. The number of nitrogens with zero attached hydrogens (tertiary/aromatic N) is 1. The first-order valence-electron chi connectivity index (χ1n) is 5.05. The summed E-state index contributed by atoms with van der Waals surface area (Å²) in [5, 5.41) is 9.77. The third-order valence-corrected chi connectivity index (χ3v) is 3.14. The van der Waals surface area contributed by atoms with E-state index >= 15 is 0 Å². The van der Waals surface area contributed by atoms with Crippen molar-refractivity contribution in [1.29, 1.82) is 5.26 Å². The maximum atomic E-state index is 12.1. The van der Waals surface area contributed by atoms with E-state index in [1.807, 2.05) is 6.07 Å². The summed E-state index contributed by atoms with van der Waals surface area (Å²) in [5.41, 5.74) is 0.645. The van der Waals surface area contributed by atoms with Gasteiger partial charge in [0.25, 0.3) is 0 Å². The molecule has 0 N–H and O–H groups in total. The number of furan rings is 1. The average molecular weight is 280 g/mol. The first-order chi connectivity index (χ1) is 8.65. The van der Waals surface area contributed by atoms with E-state index in [1.54, 1.807) is 18.2 Å². The summed E-state index contributed by atoms with van der Waals surface area (Å²) in [6.45, 7) is 0. The molecule has 18 heavy (non-hydrogen) atoms. The average Bonchev–Trinajstić information content (AvgIpc) is 2.87. The van der Waals surface area contributed by atoms with Gasteiger partial charge in [-0.3, -0.25) is 4.79 Å². The van der Waals surface area contributed by atoms with Crippen LogP contribution in [0.2, 0.25) is 10.0 Å². The third-order valence-electron chi connectivity index (χ3n) is 2.49. The van der Waals surface area contributed by atoms with Crippen LogP contribution in [0.1, 0.15) is 21.8 Å². The zero-order valence-corrected chi connectivity index (χ0v) is 10.6. The van der Waals surface area contributed by atoms with Crippen molar-refractivity contribution < 1.29 is 9.21 Å². The molecule has 0 aliphatic heterocycles. The molecule has 0 fully saturated rings. The molecule has 0 saturated carbocycles. The van der Waals surface area contributed by atoms with Gasteiger partial charge in [-0.2, -0.15) is 5.26 Å². The molecule has 5 heteroatoms. The van der Waals surface area contributed by atoms with Gasteiger partial charge in [0.1, 0.15) is 12.2 Å². The van der Waals surface area contributed by atoms with Crippen LogP contribution in [-0.4, -0.2) is 5.78 Å². The first kappa shape index (κ1) is 12.7. The molecule has 0 bridgehead atoms. The third kappa shape index (κ3) is 2.26. The molecule has 1 aromatic carbocycles. The highest BCUT2D eigenvalue weighted by Crippen LogP contribution is 2.33. The molecule has 0 amide bonds. The lowest BCUT2D eigenvalue weighted by Crippen LogP contribution is -2.11. The van der Waals surface area contributed by atoms with Gasteiger partial charge in [-0.25, -0.2) is 0 Å². The van der Waals surface area contributed by atoms with Crippen molar-refractivity contribution in [2.45, 2.75) is 5.92 Å². The number of ketones is 1. The Kier molecular flexibility index (Phi) is 3.71. The van der Waals surface area contributed by atoms with Crippen molar-refractivity contribution in [3.63, 3.8) is 0 Å². The maximum Gasteiger partial charge on any atom is 0.187 e. The molecular weight excluding hydrogens is 273 g/mol. The Hall–Kier alpha value is -1.76. The van der Waals surface area contributed by atoms with Crippen LogP contribution >= 0.6 is 23.2 Å². The van der Waals surface area contributed by atoms with E-state index in [-0.39, 0.29) is 5.78 Å². The van der Waals surface area contributed by atoms with Crippen molar-refractivity contribution in [3.8, 4) is 6.07 Å². The zero-order chi connectivity index (χ0) is 13.1. The second-order valence-electron chi connectivity index (χ2n) is 3.57. The summed E-state index contributed by atoms with van der Waals surface area (Å²) in [6.07, 6.45) is 2.66. The lowest BCUT2D eigenvalue weighted by molar-refractivity contribution is 0.0978. The zero-order valence-electron chi connectivity index (χ0n) is 9.06. The molecule has 2 rings (SSSR count). The van der Waals surface area contributed by atoms with Gasteiger partial charge in [-0.1, -0.05) is 29.3 Å². The summed E-state index contributed by atoms with van der Waals surface area (Å²) in [6, 6.07) is 8.27. The first-order valence-corrected chi connectivity index (χ1v) is 5.80. The maximum absolute atomic E-state index is 12.1. The SMILES string of the molecule is N#CC(C(=O)c1ccoc1)c1c(Cl)cccc1Cl. The number of hydrogen-bond acceptors (Lipinski definition) is 3. The molecule has 1 atom stereocenters. The molecule has 1 heterocycles. The molecule has 2 aromatic rings. The predicted molar refractivity (Wildman–Crippen MR) is 67.9 cm³/mol. The molecular formula is C13H7Cl2NO2. The van der Waals surface area contributed by atoms with Crippen molar-refractivity contribution in [1.82, 2.24) is 0 Å². The fraction of sp³-hybridized carbons (Fsp3) is 0.0769. The Labute approximate surface area is 114 Å². The number of halogens is 2. The van der Waals surface area contributed by atoms with Gasteiger partial charge in [0, 0.05) is 15.6 Å². The van der Waals surface area contributed by atoms with Crippen molar-refractivity contribution in [3.05, 3.63) is 58.0 Å². The van der Waals surface area contributed by atoms with Gasteiger partial charge in [0.2, 0.25) is 0 Å². The highest BCUT2D eigenvalue weighted by Gasteiger charge is 2.26. The van der Waals surface area contributed by atoms with Crippen LogP contribution in [0.4, 0.5) is 0 Å². The van der Waals surface area contributed by atoms with Crippen LogP contribution in [0.15, 0.2) is 41.2 Å². The van der Waals surface area contributed by atoms with Gasteiger partial charge in [0.15, 0.2) is 5.78 Å². The minimum absolute atomic E-state index is 0.297. The van der Waals surface area contributed by atoms with Crippen LogP contribution in [0, 0.1) is 11.3 Å². The number of benzene rings is 1. The summed E-state index contributed by atoms with van der Waals surface area (Å²) in [4.78, 5) is 12.1. The predicted octanol–water partition coefficient (Wildman–Crippen LogP) is 4.08.